The van der Waals surface area contributed by atoms with Crippen molar-refractivity contribution in [3.05, 3.63) is 41.7 Å². The second-order valence-electron chi connectivity index (χ2n) is 5.65. The smallest absolute Gasteiger partial charge is 0.273 e. The van der Waals surface area contributed by atoms with E-state index in [1.165, 1.54) is 4.68 Å². The molecule has 2 heterocycles. The molecule has 1 aromatic heterocycles. The van der Waals surface area contributed by atoms with E-state index in [0.717, 1.165) is 37.2 Å². The van der Waals surface area contributed by atoms with Crippen LogP contribution >= 0.6 is 0 Å². The zero-order valence-corrected chi connectivity index (χ0v) is 13.0. The Morgan fingerprint density at radius 1 is 1.17 bits per heavy atom. The zero-order valence-electron chi connectivity index (χ0n) is 13.0. The number of carbonyl (C=O) groups excluding carboxylic acids is 2. The minimum atomic E-state index is -0.393. The molecular formula is C16H19N5O2. The highest BCUT2D eigenvalue weighted by Crippen LogP contribution is 2.09. The second kappa shape index (κ2) is 6.60. The number of aryl methyl sites for hydroxylation is 1. The van der Waals surface area contributed by atoms with E-state index in [-0.39, 0.29) is 18.1 Å². The maximum absolute atomic E-state index is 12.1. The summed E-state index contributed by atoms with van der Waals surface area (Å²) in [7, 11) is 0. The molecule has 23 heavy (non-hydrogen) atoms. The molecule has 2 aromatic rings. The summed E-state index contributed by atoms with van der Waals surface area (Å²) >= 11 is 0. The van der Waals surface area contributed by atoms with Crippen molar-refractivity contribution in [3.8, 4) is 5.69 Å². The van der Waals surface area contributed by atoms with Gasteiger partial charge >= 0.3 is 0 Å². The van der Waals surface area contributed by atoms with Gasteiger partial charge in [-0.15, -0.1) is 5.10 Å². The number of nitrogens with zero attached hydrogens (tertiary/aromatic N) is 4. The standard InChI is InChI=1S/C16H19N5O2/c1-12-4-6-13(7-5-12)21-11-14(18-19-21)16(23)17-10-15(22)20-8-2-3-9-20/h4-7,11H,2-3,8-10H2,1H3,(H,17,23). The minimum Gasteiger partial charge on any atom is -0.342 e. The molecule has 1 aliphatic rings. The number of hydrogen-bond acceptors (Lipinski definition) is 4. The fourth-order valence-electron chi connectivity index (χ4n) is 2.52. The van der Waals surface area contributed by atoms with E-state index in [0.29, 0.717) is 0 Å². The lowest BCUT2D eigenvalue weighted by Crippen LogP contribution is -2.38. The summed E-state index contributed by atoms with van der Waals surface area (Å²) in [5.74, 6) is -0.447. The van der Waals surface area contributed by atoms with Crippen molar-refractivity contribution in [2.75, 3.05) is 19.6 Å². The van der Waals surface area contributed by atoms with Crippen molar-refractivity contribution in [2.45, 2.75) is 19.8 Å². The Morgan fingerprint density at radius 2 is 1.87 bits per heavy atom. The van der Waals surface area contributed by atoms with Crippen LogP contribution in [0.3, 0.4) is 0 Å². The number of rotatable bonds is 4. The van der Waals surface area contributed by atoms with Crippen molar-refractivity contribution in [1.82, 2.24) is 25.2 Å². The van der Waals surface area contributed by atoms with Crippen LogP contribution in [0.4, 0.5) is 0 Å². The van der Waals surface area contributed by atoms with Crippen LogP contribution in [0, 0.1) is 6.92 Å². The van der Waals surface area contributed by atoms with Crippen molar-refractivity contribution in [3.63, 3.8) is 0 Å². The first-order valence-corrected chi connectivity index (χ1v) is 7.69. The molecule has 0 radical (unpaired) electrons. The topological polar surface area (TPSA) is 80.1 Å². The maximum atomic E-state index is 12.1. The number of aromatic nitrogens is 3. The number of amides is 2. The van der Waals surface area contributed by atoms with E-state index in [4.69, 9.17) is 0 Å². The number of benzene rings is 1. The van der Waals surface area contributed by atoms with E-state index in [1.807, 2.05) is 31.2 Å². The molecule has 0 atom stereocenters. The van der Waals surface area contributed by atoms with E-state index >= 15 is 0 Å². The fraction of sp³-hybridized carbons (Fsp3) is 0.375. The van der Waals surface area contributed by atoms with Gasteiger partial charge in [-0.1, -0.05) is 22.9 Å². The quantitative estimate of drug-likeness (QED) is 0.910. The lowest BCUT2D eigenvalue weighted by atomic mass is 10.2. The summed E-state index contributed by atoms with van der Waals surface area (Å²) in [6, 6.07) is 7.74. The first kappa shape index (κ1) is 15.2. The molecule has 120 valence electrons. The lowest BCUT2D eigenvalue weighted by Gasteiger charge is -2.14. The molecular weight excluding hydrogens is 294 g/mol. The number of nitrogens with one attached hydrogen (secondary N) is 1. The molecule has 1 N–H and O–H groups in total. The highest BCUT2D eigenvalue weighted by atomic mass is 16.2. The van der Waals surface area contributed by atoms with E-state index in [9.17, 15) is 9.59 Å². The van der Waals surface area contributed by atoms with Crippen LogP contribution in [0.25, 0.3) is 5.69 Å². The molecule has 0 spiro atoms. The van der Waals surface area contributed by atoms with Crippen molar-refractivity contribution < 1.29 is 9.59 Å². The Kier molecular flexibility index (Phi) is 4.36. The molecule has 0 bridgehead atoms. The average Bonchev–Trinajstić information content (AvgIpc) is 3.24. The number of likely N-dealkylation sites (tertiary alicyclic amines) is 1. The van der Waals surface area contributed by atoms with Gasteiger partial charge in [-0.05, 0) is 31.9 Å². The summed E-state index contributed by atoms with van der Waals surface area (Å²) < 4.78 is 1.54. The van der Waals surface area contributed by atoms with Gasteiger partial charge in [-0.25, -0.2) is 4.68 Å². The molecule has 3 rings (SSSR count). The van der Waals surface area contributed by atoms with Gasteiger partial charge in [0, 0.05) is 13.1 Å². The van der Waals surface area contributed by atoms with Gasteiger partial charge in [0.1, 0.15) is 0 Å². The molecule has 1 saturated heterocycles. The van der Waals surface area contributed by atoms with Crippen LogP contribution in [-0.2, 0) is 4.79 Å². The molecule has 0 aliphatic carbocycles. The van der Waals surface area contributed by atoms with Gasteiger partial charge in [0.15, 0.2) is 5.69 Å². The molecule has 0 saturated carbocycles. The van der Waals surface area contributed by atoms with E-state index in [2.05, 4.69) is 15.6 Å². The Balaban J connectivity index is 1.59. The summed E-state index contributed by atoms with van der Waals surface area (Å²) in [6.45, 7) is 3.55. The van der Waals surface area contributed by atoms with Crippen LogP contribution in [0.1, 0.15) is 28.9 Å². The van der Waals surface area contributed by atoms with Crippen LogP contribution in [0.2, 0.25) is 0 Å². The van der Waals surface area contributed by atoms with Gasteiger partial charge in [0.25, 0.3) is 5.91 Å². The SMILES string of the molecule is Cc1ccc(-n2cc(C(=O)NCC(=O)N3CCCC3)nn2)cc1. The lowest BCUT2D eigenvalue weighted by molar-refractivity contribution is -0.129. The summed E-state index contributed by atoms with van der Waals surface area (Å²) in [5, 5.41) is 10.4. The highest BCUT2D eigenvalue weighted by Gasteiger charge is 2.19. The van der Waals surface area contributed by atoms with E-state index in [1.54, 1.807) is 11.1 Å². The molecule has 1 aliphatic heterocycles. The van der Waals surface area contributed by atoms with E-state index < -0.39 is 5.91 Å². The monoisotopic (exact) mass is 313 g/mol. The molecule has 7 heteroatoms. The minimum absolute atomic E-state index is 0.00375. The summed E-state index contributed by atoms with van der Waals surface area (Å²) in [4.78, 5) is 25.7. The van der Waals surface area contributed by atoms with Crippen LogP contribution in [0.15, 0.2) is 30.5 Å². The fourth-order valence-corrected chi connectivity index (χ4v) is 2.52. The first-order valence-electron chi connectivity index (χ1n) is 7.69. The molecule has 7 nitrogen and oxygen atoms in total. The Morgan fingerprint density at radius 3 is 2.57 bits per heavy atom. The van der Waals surface area contributed by atoms with Crippen LogP contribution in [-0.4, -0.2) is 51.3 Å². The van der Waals surface area contributed by atoms with Crippen molar-refractivity contribution in [1.29, 1.82) is 0 Å². The summed E-state index contributed by atoms with van der Waals surface area (Å²) in [6.07, 6.45) is 3.62. The Hall–Kier alpha value is -2.70. The number of carbonyl (C=O) groups is 2. The Bertz CT molecular complexity index is 702. The van der Waals surface area contributed by atoms with Crippen molar-refractivity contribution >= 4 is 11.8 Å². The normalized spacial score (nSPS) is 14.0. The third kappa shape index (κ3) is 3.56. The maximum Gasteiger partial charge on any atom is 0.273 e. The summed E-state index contributed by atoms with van der Waals surface area (Å²) in [5.41, 5.74) is 2.17. The van der Waals surface area contributed by atoms with Gasteiger partial charge in [0.05, 0.1) is 18.4 Å². The largest absolute Gasteiger partial charge is 0.342 e. The number of hydrogen-bond donors (Lipinski definition) is 1. The second-order valence-corrected chi connectivity index (χ2v) is 5.65. The third-order valence-electron chi connectivity index (χ3n) is 3.88. The van der Waals surface area contributed by atoms with Gasteiger partial charge < -0.3 is 10.2 Å². The van der Waals surface area contributed by atoms with Gasteiger partial charge in [-0.3, -0.25) is 9.59 Å². The zero-order chi connectivity index (χ0) is 16.2. The highest BCUT2D eigenvalue weighted by molar-refractivity contribution is 5.94. The first-order chi connectivity index (χ1) is 11.1. The average molecular weight is 313 g/mol. The predicted molar refractivity (Wildman–Crippen MR) is 84.2 cm³/mol. The van der Waals surface area contributed by atoms with Gasteiger partial charge in [0.2, 0.25) is 5.91 Å². The Labute approximate surface area is 134 Å². The molecule has 1 fully saturated rings. The van der Waals surface area contributed by atoms with Gasteiger partial charge in [-0.2, -0.15) is 0 Å². The van der Waals surface area contributed by atoms with Crippen LogP contribution < -0.4 is 5.32 Å². The molecule has 0 unspecified atom stereocenters. The predicted octanol–water partition coefficient (Wildman–Crippen LogP) is 0.928. The third-order valence-corrected chi connectivity index (χ3v) is 3.88. The molecule has 1 aromatic carbocycles. The van der Waals surface area contributed by atoms with Crippen LogP contribution in [0.5, 0.6) is 0 Å². The molecule has 2 amide bonds. The van der Waals surface area contributed by atoms with Crippen molar-refractivity contribution in [2.24, 2.45) is 0 Å².